The van der Waals surface area contributed by atoms with Gasteiger partial charge >= 0.3 is 0 Å². The van der Waals surface area contributed by atoms with Gasteiger partial charge in [0.25, 0.3) is 0 Å². The van der Waals surface area contributed by atoms with Crippen LogP contribution in [0.15, 0.2) is 30.5 Å². The van der Waals surface area contributed by atoms with Crippen LogP contribution < -0.4 is 10.2 Å². The van der Waals surface area contributed by atoms with Gasteiger partial charge in [-0.1, -0.05) is 31.5 Å². The topological polar surface area (TPSA) is 45.5 Å². The van der Waals surface area contributed by atoms with E-state index < -0.39 is 0 Å². The van der Waals surface area contributed by atoms with E-state index in [4.69, 9.17) is 4.98 Å². The average molecular weight is 378 g/mol. The number of aromatic nitrogens is 3. The zero-order chi connectivity index (χ0) is 19.7. The Morgan fingerprint density at radius 1 is 1.11 bits per heavy atom. The minimum Gasteiger partial charge on any atom is -0.356 e. The summed E-state index contributed by atoms with van der Waals surface area (Å²) in [5.41, 5.74) is 5.98. The SMILES string of the molecule is CCCN(CCC)c1c(C)c(Nc2ccc(C)cc2C2CC2)nc2ccnn12. The monoisotopic (exact) mass is 377 g/mol. The summed E-state index contributed by atoms with van der Waals surface area (Å²) in [5.74, 6) is 2.78. The lowest BCUT2D eigenvalue weighted by atomic mass is 10.0. The molecule has 0 saturated heterocycles. The van der Waals surface area contributed by atoms with Gasteiger partial charge in [0.1, 0.15) is 11.6 Å². The Hall–Kier alpha value is -2.56. The fourth-order valence-electron chi connectivity index (χ4n) is 4.02. The van der Waals surface area contributed by atoms with Crippen LogP contribution in [0, 0.1) is 13.8 Å². The summed E-state index contributed by atoms with van der Waals surface area (Å²) < 4.78 is 1.99. The molecule has 2 heterocycles. The van der Waals surface area contributed by atoms with Crippen LogP contribution in [0.3, 0.4) is 0 Å². The second-order valence-electron chi connectivity index (χ2n) is 7.99. The van der Waals surface area contributed by atoms with E-state index in [9.17, 15) is 0 Å². The minimum absolute atomic E-state index is 0.692. The Morgan fingerprint density at radius 2 is 1.86 bits per heavy atom. The molecule has 4 rings (SSSR count). The van der Waals surface area contributed by atoms with Gasteiger partial charge in [-0.25, -0.2) is 4.98 Å². The molecule has 1 aliphatic carbocycles. The van der Waals surface area contributed by atoms with E-state index in [1.54, 1.807) is 0 Å². The van der Waals surface area contributed by atoms with Crippen LogP contribution >= 0.6 is 0 Å². The van der Waals surface area contributed by atoms with E-state index in [1.165, 1.54) is 29.7 Å². The maximum Gasteiger partial charge on any atom is 0.159 e. The number of benzene rings is 1. The molecule has 5 nitrogen and oxygen atoms in total. The van der Waals surface area contributed by atoms with Gasteiger partial charge in [-0.15, -0.1) is 0 Å². The quantitative estimate of drug-likeness (QED) is 0.555. The highest BCUT2D eigenvalue weighted by Gasteiger charge is 2.27. The Bertz CT molecular complexity index is 965. The van der Waals surface area contributed by atoms with Gasteiger partial charge in [-0.05, 0) is 57.1 Å². The first-order chi connectivity index (χ1) is 13.6. The zero-order valence-corrected chi connectivity index (χ0v) is 17.5. The highest BCUT2D eigenvalue weighted by molar-refractivity contribution is 5.71. The van der Waals surface area contributed by atoms with Crippen molar-refractivity contribution in [3.8, 4) is 0 Å². The molecule has 0 spiro atoms. The third-order valence-corrected chi connectivity index (χ3v) is 5.50. The van der Waals surface area contributed by atoms with Crippen molar-refractivity contribution in [3.05, 3.63) is 47.2 Å². The number of nitrogens with zero attached hydrogens (tertiary/aromatic N) is 4. The maximum atomic E-state index is 4.90. The van der Waals surface area contributed by atoms with Crippen LogP contribution in [0.4, 0.5) is 17.3 Å². The Labute approximate surface area is 167 Å². The molecule has 3 aromatic rings. The number of anilines is 3. The summed E-state index contributed by atoms with van der Waals surface area (Å²) in [6.45, 7) is 10.8. The van der Waals surface area contributed by atoms with Gasteiger partial charge in [-0.3, -0.25) is 0 Å². The first-order valence-corrected chi connectivity index (χ1v) is 10.6. The van der Waals surface area contributed by atoms with Crippen molar-refractivity contribution in [1.82, 2.24) is 14.6 Å². The first-order valence-electron chi connectivity index (χ1n) is 10.6. The molecule has 2 aromatic heterocycles. The molecule has 1 aromatic carbocycles. The maximum absolute atomic E-state index is 4.90. The number of hydrogen-bond acceptors (Lipinski definition) is 4. The predicted molar refractivity (Wildman–Crippen MR) is 117 cm³/mol. The van der Waals surface area contributed by atoms with Gasteiger partial charge < -0.3 is 10.2 Å². The van der Waals surface area contributed by atoms with E-state index in [0.717, 1.165) is 48.8 Å². The number of rotatable bonds is 8. The lowest BCUT2D eigenvalue weighted by molar-refractivity contribution is 0.712. The zero-order valence-electron chi connectivity index (χ0n) is 17.5. The largest absolute Gasteiger partial charge is 0.356 e. The molecule has 0 aliphatic heterocycles. The van der Waals surface area contributed by atoms with E-state index >= 15 is 0 Å². The highest BCUT2D eigenvalue weighted by Crippen LogP contribution is 2.44. The average Bonchev–Trinajstić information content (AvgIpc) is 3.42. The molecule has 0 radical (unpaired) electrons. The van der Waals surface area contributed by atoms with Crippen molar-refractivity contribution in [2.45, 2.75) is 59.3 Å². The highest BCUT2D eigenvalue weighted by atomic mass is 15.4. The second-order valence-corrected chi connectivity index (χ2v) is 7.99. The standard InChI is InChI=1S/C23H31N5/c1-5-13-27(14-6-2)23-17(4)22(26-21-11-12-24-28(21)23)25-20-10-7-16(3)15-19(20)18-8-9-18/h7,10-12,15,18H,5-6,8-9,13-14H2,1-4H3,(H,25,26). The summed E-state index contributed by atoms with van der Waals surface area (Å²) in [6.07, 6.45) is 6.64. The molecule has 0 amide bonds. The summed E-state index contributed by atoms with van der Waals surface area (Å²) in [5, 5.41) is 8.24. The van der Waals surface area contributed by atoms with Crippen LogP contribution in [0.2, 0.25) is 0 Å². The third kappa shape index (κ3) is 3.58. The minimum atomic E-state index is 0.692. The molecule has 1 N–H and O–H groups in total. The molecule has 1 aliphatic rings. The van der Waals surface area contributed by atoms with Gasteiger partial charge in [-0.2, -0.15) is 9.61 Å². The second kappa shape index (κ2) is 7.82. The summed E-state index contributed by atoms with van der Waals surface area (Å²) >= 11 is 0. The lowest BCUT2D eigenvalue weighted by Gasteiger charge is -2.27. The molecule has 0 bridgehead atoms. The Balaban J connectivity index is 1.79. The van der Waals surface area contributed by atoms with Crippen molar-refractivity contribution in [2.24, 2.45) is 0 Å². The van der Waals surface area contributed by atoms with Crippen molar-refractivity contribution in [3.63, 3.8) is 0 Å². The van der Waals surface area contributed by atoms with Gasteiger partial charge in [0.05, 0.1) is 6.20 Å². The Morgan fingerprint density at radius 3 is 2.54 bits per heavy atom. The summed E-state index contributed by atoms with van der Waals surface area (Å²) in [6, 6.07) is 8.71. The van der Waals surface area contributed by atoms with Crippen molar-refractivity contribution < 1.29 is 0 Å². The van der Waals surface area contributed by atoms with E-state index in [-0.39, 0.29) is 0 Å². The smallest absolute Gasteiger partial charge is 0.159 e. The van der Waals surface area contributed by atoms with Gasteiger partial charge in [0, 0.05) is 30.4 Å². The van der Waals surface area contributed by atoms with Crippen LogP contribution in [0.5, 0.6) is 0 Å². The molecule has 1 fully saturated rings. The molecule has 5 heteroatoms. The van der Waals surface area contributed by atoms with E-state index in [0.29, 0.717) is 5.92 Å². The molecular weight excluding hydrogens is 346 g/mol. The molecule has 0 atom stereocenters. The number of nitrogens with one attached hydrogen (secondary N) is 1. The number of hydrogen-bond donors (Lipinski definition) is 1. The molecule has 28 heavy (non-hydrogen) atoms. The van der Waals surface area contributed by atoms with Crippen molar-refractivity contribution in [1.29, 1.82) is 0 Å². The molecule has 0 unspecified atom stereocenters. The van der Waals surface area contributed by atoms with Crippen molar-refractivity contribution >= 4 is 23.0 Å². The summed E-state index contributed by atoms with van der Waals surface area (Å²) in [4.78, 5) is 7.34. The first kappa shape index (κ1) is 18.8. The molecule has 148 valence electrons. The van der Waals surface area contributed by atoms with Crippen LogP contribution in [0.25, 0.3) is 5.65 Å². The fraction of sp³-hybridized carbons (Fsp3) is 0.478. The number of aryl methyl sites for hydroxylation is 1. The van der Waals surface area contributed by atoms with Crippen LogP contribution in [-0.2, 0) is 0 Å². The van der Waals surface area contributed by atoms with E-state index in [2.05, 4.69) is 61.2 Å². The molecule has 1 saturated carbocycles. The van der Waals surface area contributed by atoms with Gasteiger partial charge in [0.15, 0.2) is 5.65 Å². The lowest BCUT2D eigenvalue weighted by Crippen LogP contribution is -2.28. The van der Waals surface area contributed by atoms with Gasteiger partial charge in [0.2, 0.25) is 0 Å². The fourth-order valence-corrected chi connectivity index (χ4v) is 4.02. The van der Waals surface area contributed by atoms with Crippen molar-refractivity contribution in [2.75, 3.05) is 23.3 Å². The predicted octanol–water partition coefficient (Wildman–Crippen LogP) is 5.59. The van der Waals surface area contributed by atoms with E-state index in [1.807, 2.05) is 16.8 Å². The third-order valence-electron chi connectivity index (χ3n) is 5.50. The summed E-state index contributed by atoms with van der Waals surface area (Å²) in [7, 11) is 0. The van der Waals surface area contributed by atoms with Crippen LogP contribution in [0.1, 0.15) is 62.1 Å². The van der Waals surface area contributed by atoms with Crippen LogP contribution in [-0.4, -0.2) is 27.7 Å². The normalized spacial score (nSPS) is 13.9. The Kier molecular flexibility index (Phi) is 5.25. The number of fused-ring (bicyclic) bond motifs is 1. The molecular formula is C23H31N5.